The fraction of sp³-hybridized carbons (Fsp3) is 0.143. The molecule has 0 aliphatic carbocycles. The number of nitrogens with zero attached hydrogens (tertiary/aromatic N) is 1. The highest BCUT2D eigenvalue weighted by Gasteiger charge is 2.31. The van der Waals surface area contributed by atoms with Crippen molar-refractivity contribution in [2.75, 3.05) is 17.2 Å². The molecule has 0 saturated carbocycles. The van der Waals surface area contributed by atoms with Gasteiger partial charge in [0.05, 0.1) is 17.4 Å². The first-order chi connectivity index (χ1) is 16.4. The predicted octanol–water partition coefficient (Wildman–Crippen LogP) is 3.29. The minimum atomic E-state index is -4.73. The van der Waals surface area contributed by atoms with E-state index in [9.17, 15) is 31.9 Å². The molecule has 10 nitrogen and oxygen atoms in total. The number of primary amides is 1. The first-order valence-electron chi connectivity index (χ1n) is 9.67. The van der Waals surface area contributed by atoms with Crippen LogP contribution in [0.3, 0.4) is 0 Å². The molecule has 3 amide bonds. The van der Waals surface area contributed by atoms with Crippen LogP contribution in [-0.2, 0) is 15.8 Å². The molecule has 1 aromatic heterocycles. The van der Waals surface area contributed by atoms with E-state index in [4.69, 9.17) is 15.6 Å². The average Bonchev–Trinajstić information content (AvgIpc) is 3.21. The van der Waals surface area contributed by atoms with Gasteiger partial charge in [-0.1, -0.05) is 12.1 Å². The van der Waals surface area contributed by atoms with Gasteiger partial charge in [-0.05, 0) is 35.9 Å². The Labute approximate surface area is 194 Å². The minimum absolute atomic E-state index is 0.0252. The van der Waals surface area contributed by atoms with Crippen LogP contribution in [-0.4, -0.2) is 39.6 Å². The summed E-state index contributed by atoms with van der Waals surface area (Å²) in [6, 6.07) is 6.25. The smallest absolute Gasteiger partial charge is 0.416 e. The van der Waals surface area contributed by atoms with Gasteiger partial charge in [0.2, 0.25) is 5.91 Å². The highest BCUT2D eigenvalue weighted by Crippen LogP contribution is 2.32. The Morgan fingerprint density at radius 3 is 2.40 bits per heavy atom. The van der Waals surface area contributed by atoms with Crippen LogP contribution in [0.5, 0.6) is 5.75 Å². The fourth-order valence-electron chi connectivity index (χ4n) is 2.98. The Morgan fingerprint density at radius 2 is 1.80 bits per heavy atom. The van der Waals surface area contributed by atoms with Gasteiger partial charge >= 0.3 is 18.2 Å². The largest absolute Gasteiger partial charge is 0.482 e. The monoisotopic (exact) mass is 495 g/mol. The molecule has 184 valence electrons. The number of carbonyl (C=O) groups excluding carboxylic acids is 2. The summed E-state index contributed by atoms with van der Waals surface area (Å²) >= 11 is 0. The molecule has 0 aliphatic heterocycles. The van der Waals surface area contributed by atoms with E-state index in [1.165, 1.54) is 24.3 Å². The van der Waals surface area contributed by atoms with Crippen LogP contribution in [0.15, 0.2) is 48.7 Å². The number of hydrogen-bond acceptors (Lipinski definition) is 5. The number of benzene rings is 2. The third-order valence-electron chi connectivity index (χ3n) is 4.52. The van der Waals surface area contributed by atoms with E-state index in [0.29, 0.717) is 23.8 Å². The molecule has 1 heterocycles. The number of anilines is 2. The van der Waals surface area contributed by atoms with E-state index in [1.54, 1.807) is 0 Å². The van der Waals surface area contributed by atoms with Crippen molar-refractivity contribution in [1.82, 2.24) is 9.97 Å². The zero-order valence-corrected chi connectivity index (χ0v) is 17.5. The number of imidazole rings is 1. The quantitative estimate of drug-likeness (QED) is 0.302. The van der Waals surface area contributed by atoms with Gasteiger partial charge in [0.1, 0.15) is 29.1 Å². The van der Waals surface area contributed by atoms with Gasteiger partial charge in [0.15, 0.2) is 6.61 Å². The molecule has 2 aromatic carbocycles. The van der Waals surface area contributed by atoms with E-state index in [-0.39, 0.29) is 17.4 Å². The predicted molar refractivity (Wildman–Crippen MR) is 113 cm³/mol. The lowest BCUT2D eigenvalue weighted by Crippen LogP contribution is -2.24. The van der Waals surface area contributed by atoms with Crippen molar-refractivity contribution in [1.29, 1.82) is 0 Å². The van der Waals surface area contributed by atoms with E-state index < -0.39 is 53.7 Å². The molecule has 3 rings (SSSR count). The Kier molecular flexibility index (Phi) is 7.22. The number of carbonyl (C=O) groups is 3. The van der Waals surface area contributed by atoms with Crippen molar-refractivity contribution in [3.05, 3.63) is 71.4 Å². The van der Waals surface area contributed by atoms with Crippen molar-refractivity contribution in [3.63, 3.8) is 0 Å². The van der Waals surface area contributed by atoms with Crippen molar-refractivity contribution in [2.24, 2.45) is 5.73 Å². The van der Waals surface area contributed by atoms with Gasteiger partial charge in [-0.2, -0.15) is 13.2 Å². The number of nitrogens with one attached hydrogen (secondary N) is 3. The molecule has 1 atom stereocenters. The van der Waals surface area contributed by atoms with Crippen LogP contribution < -0.4 is 21.1 Å². The number of aromatic nitrogens is 2. The Morgan fingerprint density at radius 1 is 1.11 bits per heavy atom. The number of rotatable bonds is 8. The number of carboxylic acid groups (broad SMARTS) is 1. The van der Waals surface area contributed by atoms with Gasteiger partial charge in [-0.3, -0.25) is 10.1 Å². The van der Waals surface area contributed by atoms with E-state index in [1.807, 2.05) is 5.32 Å². The number of hydrogen-bond donors (Lipinski definition) is 5. The first kappa shape index (κ1) is 25.0. The number of amides is 3. The van der Waals surface area contributed by atoms with Gasteiger partial charge in [-0.25, -0.2) is 19.0 Å². The van der Waals surface area contributed by atoms with Gasteiger partial charge < -0.3 is 25.9 Å². The molecule has 0 aliphatic rings. The summed E-state index contributed by atoms with van der Waals surface area (Å²) < 4.78 is 57.3. The summed E-state index contributed by atoms with van der Waals surface area (Å²) in [6.45, 7) is -0.557. The summed E-state index contributed by atoms with van der Waals surface area (Å²) in [5.41, 5.74) is 4.00. The number of aliphatic carboxylic acids is 1. The van der Waals surface area contributed by atoms with Crippen molar-refractivity contribution < 1.29 is 41.8 Å². The Bertz CT molecular complexity index is 1240. The summed E-state index contributed by atoms with van der Waals surface area (Å²) in [5, 5.41) is 12.9. The maximum absolute atomic E-state index is 13.8. The third kappa shape index (κ3) is 6.46. The van der Waals surface area contributed by atoms with Crippen molar-refractivity contribution in [3.8, 4) is 5.75 Å². The minimum Gasteiger partial charge on any atom is -0.482 e. The van der Waals surface area contributed by atoms with Crippen LogP contribution in [0.2, 0.25) is 0 Å². The maximum Gasteiger partial charge on any atom is 0.416 e. The second-order valence-electron chi connectivity index (χ2n) is 7.04. The van der Waals surface area contributed by atoms with Crippen LogP contribution >= 0.6 is 0 Å². The van der Waals surface area contributed by atoms with Crippen LogP contribution in [0, 0.1) is 5.82 Å². The zero-order valence-electron chi connectivity index (χ0n) is 17.5. The standard InChI is InChI=1S/C21H17F4N5O5/c22-13-6-3-11(21(23,24)25)7-14(13)28-20(34)30-15-8-27-19(29-15)17(18(26)33)10-1-4-12(5-2-10)35-9-16(31)32/h1-8,17H,9H2,(H2,26,33)(H,27,29)(H,31,32)(H2,28,30,34). The number of H-pyrrole nitrogens is 1. The number of halogens is 4. The SMILES string of the molecule is NC(=O)C(c1ccc(OCC(=O)O)cc1)c1ncc(NC(=O)Nc2cc(C(F)(F)F)ccc2F)[nH]1. The molecule has 0 fully saturated rings. The Balaban J connectivity index is 1.72. The molecule has 0 spiro atoms. The lowest BCUT2D eigenvalue weighted by Gasteiger charge is -2.13. The van der Waals surface area contributed by atoms with E-state index in [2.05, 4.69) is 15.3 Å². The average molecular weight is 495 g/mol. The summed E-state index contributed by atoms with van der Waals surface area (Å²) in [6.07, 6.45) is -3.61. The van der Waals surface area contributed by atoms with Crippen molar-refractivity contribution >= 4 is 29.4 Å². The van der Waals surface area contributed by atoms with Gasteiger partial charge in [0, 0.05) is 0 Å². The molecule has 14 heteroatoms. The highest BCUT2D eigenvalue weighted by molar-refractivity contribution is 5.99. The molecular formula is C21H17F4N5O5. The zero-order chi connectivity index (χ0) is 25.8. The molecule has 35 heavy (non-hydrogen) atoms. The highest BCUT2D eigenvalue weighted by atomic mass is 19.4. The summed E-state index contributed by atoms with van der Waals surface area (Å²) in [7, 11) is 0. The number of aromatic amines is 1. The first-order valence-corrected chi connectivity index (χ1v) is 9.67. The normalized spacial score (nSPS) is 12.0. The molecule has 3 aromatic rings. The number of ether oxygens (including phenoxy) is 1. The number of carboxylic acids is 1. The Hall–Kier alpha value is -4.62. The van der Waals surface area contributed by atoms with Gasteiger partial charge in [-0.15, -0.1) is 0 Å². The van der Waals surface area contributed by atoms with E-state index in [0.717, 1.165) is 6.20 Å². The van der Waals surface area contributed by atoms with Gasteiger partial charge in [0.25, 0.3) is 0 Å². The summed E-state index contributed by atoms with van der Waals surface area (Å²) in [5.74, 6) is -3.94. The van der Waals surface area contributed by atoms with Crippen molar-refractivity contribution in [2.45, 2.75) is 12.1 Å². The number of alkyl halides is 3. The lowest BCUT2D eigenvalue weighted by atomic mass is 9.98. The second kappa shape index (κ2) is 10.1. The van der Waals surface area contributed by atoms with Crippen LogP contribution in [0.4, 0.5) is 33.9 Å². The van der Waals surface area contributed by atoms with Crippen LogP contribution in [0.1, 0.15) is 22.9 Å². The lowest BCUT2D eigenvalue weighted by molar-refractivity contribution is -0.139. The second-order valence-corrected chi connectivity index (χ2v) is 7.04. The molecule has 0 bridgehead atoms. The number of urea groups is 1. The van der Waals surface area contributed by atoms with Crippen LogP contribution in [0.25, 0.3) is 0 Å². The maximum atomic E-state index is 13.8. The number of nitrogens with two attached hydrogens (primary N) is 1. The molecule has 6 N–H and O–H groups in total. The topological polar surface area (TPSA) is 159 Å². The summed E-state index contributed by atoms with van der Waals surface area (Å²) in [4.78, 5) is 41.4. The molecule has 0 radical (unpaired) electrons. The third-order valence-corrected chi connectivity index (χ3v) is 4.52. The fourth-order valence-corrected chi connectivity index (χ4v) is 2.98. The molecule has 0 saturated heterocycles. The van der Waals surface area contributed by atoms with E-state index >= 15 is 0 Å². The molecular weight excluding hydrogens is 478 g/mol. The molecule has 1 unspecified atom stereocenters.